The first-order chi connectivity index (χ1) is 18.9. The van der Waals surface area contributed by atoms with Crippen molar-refractivity contribution in [2.75, 3.05) is 46.9 Å². The number of amides is 1. The molecule has 2 fully saturated rings. The number of H-pyrrole nitrogens is 1. The third kappa shape index (κ3) is 5.31. The summed E-state index contributed by atoms with van der Waals surface area (Å²) >= 11 is 0. The summed E-state index contributed by atoms with van der Waals surface area (Å²) in [5, 5.41) is 10.8. The highest BCUT2D eigenvalue weighted by atomic mass is 19.1. The van der Waals surface area contributed by atoms with E-state index in [0.717, 1.165) is 37.8 Å². The molecule has 0 bridgehead atoms. The van der Waals surface area contributed by atoms with Gasteiger partial charge in [0.15, 0.2) is 0 Å². The highest BCUT2D eigenvalue weighted by molar-refractivity contribution is 5.98. The Kier molecular flexibility index (Phi) is 7.76. The van der Waals surface area contributed by atoms with E-state index in [2.05, 4.69) is 20.4 Å². The molecule has 3 aromatic rings. The maximum atomic E-state index is 15.7. The van der Waals surface area contributed by atoms with E-state index >= 15 is 4.39 Å². The van der Waals surface area contributed by atoms with Gasteiger partial charge in [0.1, 0.15) is 23.4 Å². The minimum absolute atomic E-state index is 0.0169. The summed E-state index contributed by atoms with van der Waals surface area (Å²) in [7, 11) is 3.85. The Morgan fingerprint density at radius 2 is 1.92 bits per heavy atom. The van der Waals surface area contributed by atoms with Crippen LogP contribution in [0.5, 0.6) is 5.75 Å². The Bertz CT molecular complexity index is 1440. The van der Waals surface area contributed by atoms with Crippen molar-refractivity contribution in [1.82, 2.24) is 25.3 Å². The molecule has 2 aliphatic heterocycles. The Hall–Kier alpha value is -3.63. The number of aldehydes is 1. The van der Waals surface area contributed by atoms with Crippen LogP contribution < -0.4 is 15.6 Å². The number of halogens is 1. The van der Waals surface area contributed by atoms with Crippen LogP contribution in [-0.4, -0.2) is 84.6 Å². The molecule has 206 valence electrons. The smallest absolute Gasteiger partial charge is 0.272 e. The van der Waals surface area contributed by atoms with Crippen LogP contribution in [0.25, 0.3) is 10.8 Å². The van der Waals surface area contributed by atoms with Gasteiger partial charge in [-0.2, -0.15) is 5.10 Å². The third-order valence-electron chi connectivity index (χ3n) is 8.09. The molecule has 3 heterocycles. The SMILES string of the molecule is CN1CCN(C(=O)c2c(F)c(Cc3n[nH]c(=O)c4ccccc34)cc3c2OCC3)CC1.CNC1(C=O)CCC1. The Morgan fingerprint density at radius 1 is 1.21 bits per heavy atom. The molecule has 1 aromatic heterocycles. The summed E-state index contributed by atoms with van der Waals surface area (Å²) in [5.74, 6) is -0.531. The molecule has 0 radical (unpaired) electrons. The van der Waals surface area contributed by atoms with E-state index in [1.54, 1.807) is 29.2 Å². The van der Waals surface area contributed by atoms with Gasteiger partial charge in [0.25, 0.3) is 11.5 Å². The molecule has 1 saturated carbocycles. The Balaban J connectivity index is 0.000000332. The van der Waals surface area contributed by atoms with Crippen LogP contribution >= 0.6 is 0 Å². The molecule has 10 heteroatoms. The van der Waals surface area contributed by atoms with Gasteiger partial charge in [-0.05, 0) is 56.6 Å². The molecule has 2 N–H and O–H groups in total. The number of hydrogen-bond donors (Lipinski definition) is 2. The van der Waals surface area contributed by atoms with E-state index in [4.69, 9.17) is 4.74 Å². The summed E-state index contributed by atoms with van der Waals surface area (Å²) < 4.78 is 21.4. The van der Waals surface area contributed by atoms with Gasteiger partial charge in [0.05, 0.1) is 23.2 Å². The van der Waals surface area contributed by atoms with Crippen LogP contribution in [0, 0.1) is 5.82 Å². The highest BCUT2D eigenvalue weighted by Gasteiger charge is 2.34. The van der Waals surface area contributed by atoms with Gasteiger partial charge in [-0.1, -0.05) is 18.2 Å². The molecule has 3 aliphatic rings. The lowest BCUT2D eigenvalue weighted by Gasteiger charge is -2.35. The first-order valence-electron chi connectivity index (χ1n) is 13.4. The molecule has 9 nitrogen and oxygen atoms in total. The number of benzene rings is 2. The number of likely N-dealkylation sites (N-methyl/N-ethyl adjacent to an activating group) is 2. The van der Waals surface area contributed by atoms with Gasteiger partial charge in [-0.15, -0.1) is 0 Å². The number of carbonyl (C=O) groups is 2. The van der Waals surface area contributed by atoms with E-state index in [-0.39, 0.29) is 29.0 Å². The molecule has 2 aromatic carbocycles. The summed E-state index contributed by atoms with van der Waals surface area (Å²) in [5.41, 5.74) is 1.39. The molecule has 0 spiro atoms. The molecular weight excluding hydrogens is 501 g/mol. The van der Waals surface area contributed by atoms with E-state index in [1.807, 2.05) is 20.2 Å². The molecule has 1 aliphatic carbocycles. The van der Waals surface area contributed by atoms with Gasteiger partial charge >= 0.3 is 0 Å². The van der Waals surface area contributed by atoms with Crippen LogP contribution in [-0.2, 0) is 17.6 Å². The average molecular weight is 536 g/mol. The van der Waals surface area contributed by atoms with E-state index in [1.165, 1.54) is 6.42 Å². The zero-order chi connectivity index (χ0) is 27.6. The lowest BCUT2D eigenvalue weighted by Crippen LogP contribution is -2.50. The predicted molar refractivity (Wildman–Crippen MR) is 146 cm³/mol. The lowest BCUT2D eigenvalue weighted by molar-refractivity contribution is -0.116. The van der Waals surface area contributed by atoms with Crippen molar-refractivity contribution in [3.8, 4) is 5.75 Å². The molecule has 1 saturated heterocycles. The highest BCUT2D eigenvalue weighted by Crippen LogP contribution is 2.36. The number of aromatic amines is 1. The van der Waals surface area contributed by atoms with Crippen molar-refractivity contribution in [1.29, 1.82) is 0 Å². The Labute approximate surface area is 226 Å². The second kappa shape index (κ2) is 11.2. The quantitative estimate of drug-likeness (QED) is 0.483. The fraction of sp³-hybridized carbons (Fsp3) is 0.448. The third-order valence-corrected chi connectivity index (χ3v) is 8.09. The largest absolute Gasteiger partial charge is 0.492 e. The normalized spacial score (nSPS) is 18.0. The second-order valence-corrected chi connectivity index (χ2v) is 10.5. The maximum Gasteiger partial charge on any atom is 0.272 e. The fourth-order valence-electron chi connectivity index (χ4n) is 5.33. The molecular formula is C29H34FN5O4. The summed E-state index contributed by atoms with van der Waals surface area (Å²) in [6, 6.07) is 8.88. The van der Waals surface area contributed by atoms with Gasteiger partial charge < -0.3 is 24.6 Å². The van der Waals surface area contributed by atoms with Gasteiger partial charge in [-0.25, -0.2) is 9.49 Å². The van der Waals surface area contributed by atoms with Crippen LogP contribution in [0.1, 0.15) is 46.4 Å². The zero-order valence-electron chi connectivity index (χ0n) is 22.4. The van der Waals surface area contributed by atoms with Crippen LogP contribution in [0.2, 0.25) is 0 Å². The molecule has 1 amide bonds. The molecule has 6 rings (SSSR count). The maximum absolute atomic E-state index is 15.7. The van der Waals surface area contributed by atoms with Crippen molar-refractivity contribution in [2.45, 2.75) is 37.6 Å². The van der Waals surface area contributed by atoms with E-state index in [9.17, 15) is 14.4 Å². The van der Waals surface area contributed by atoms with Crippen molar-refractivity contribution in [2.24, 2.45) is 0 Å². The lowest BCUT2D eigenvalue weighted by atomic mass is 9.78. The van der Waals surface area contributed by atoms with Crippen LogP contribution in [0.15, 0.2) is 35.1 Å². The summed E-state index contributed by atoms with van der Waals surface area (Å²) in [6.45, 7) is 3.05. The molecule has 0 unspecified atom stereocenters. The second-order valence-electron chi connectivity index (χ2n) is 10.5. The topological polar surface area (TPSA) is 108 Å². The molecule has 39 heavy (non-hydrogen) atoms. The number of nitrogens with zero attached hydrogens (tertiary/aromatic N) is 3. The zero-order valence-corrected chi connectivity index (χ0v) is 22.4. The summed E-state index contributed by atoms with van der Waals surface area (Å²) in [6.07, 6.45) is 5.06. The number of piperazine rings is 1. The van der Waals surface area contributed by atoms with E-state index < -0.39 is 5.82 Å². The summed E-state index contributed by atoms with van der Waals surface area (Å²) in [4.78, 5) is 39.5. The van der Waals surface area contributed by atoms with Crippen LogP contribution in [0.3, 0.4) is 0 Å². The van der Waals surface area contributed by atoms with Crippen LogP contribution in [0.4, 0.5) is 4.39 Å². The van der Waals surface area contributed by atoms with Crippen molar-refractivity contribution >= 4 is 23.0 Å². The standard InChI is InChI=1S/C23H23FN4O3.C6H11NO/c1-27-7-9-28(10-8-27)23(30)19-20(24)15(12-14-6-11-31-21(14)19)13-18-16-4-2-3-5-17(16)22(29)26-25-18;1-7-6(5-8)3-2-4-6/h2-5,12H,6-11,13H2,1H3,(H,26,29);5,7H,2-4H2,1H3. The number of carbonyl (C=O) groups excluding carboxylic acids is 2. The number of hydrogen-bond acceptors (Lipinski definition) is 7. The fourth-order valence-corrected chi connectivity index (χ4v) is 5.33. The first-order valence-corrected chi connectivity index (χ1v) is 13.4. The number of ether oxygens (including phenoxy) is 1. The number of nitrogens with one attached hydrogen (secondary N) is 2. The van der Waals surface area contributed by atoms with Crippen molar-refractivity contribution in [3.05, 3.63) is 68.9 Å². The Morgan fingerprint density at radius 3 is 2.54 bits per heavy atom. The monoisotopic (exact) mass is 535 g/mol. The first kappa shape index (κ1) is 27.0. The van der Waals surface area contributed by atoms with Gasteiger partial charge in [0, 0.05) is 44.4 Å². The predicted octanol–water partition coefficient (Wildman–Crippen LogP) is 2.30. The van der Waals surface area contributed by atoms with Gasteiger partial charge in [0.2, 0.25) is 0 Å². The number of aromatic nitrogens is 2. The number of rotatable bonds is 5. The van der Waals surface area contributed by atoms with Crippen molar-refractivity contribution in [3.63, 3.8) is 0 Å². The van der Waals surface area contributed by atoms with Gasteiger partial charge in [-0.3, -0.25) is 9.59 Å². The minimum atomic E-state index is -0.568. The average Bonchev–Trinajstić information content (AvgIpc) is 3.39. The van der Waals surface area contributed by atoms with Crippen molar-refractivity contribution < 1.29 is 18.7 Å². The minimum Gasteiger partial charge on any atom is -0.492 e. The number of fused-ring (bicyclic) bond motifs is 2. The van der Waals surface area contributed by atoms with E-state index in [0.29, 0.717) is 53.9 Å². The molecule has 0 atom stereocenters.